The molecule has 3 heterocycles. The molecule has 3 fully saturated rings. The second kappa shape index (κ2) is 11.4. The summed E-state index contributed by atoms with van der Waals surface area (Å²) in [5, 5.41) is 5.47. The number of halogens is 2. The van der Waals surface area contributed by atoms with Gasteiger partial charge in [0.15, 0.2) is 11.6 Å². The molecule has 3 aromatic rings. The third-order valence-corrected chi connectivity index (χ3v) is 8.54. The van der Waals surface area contributed by atoms with E-state index >= 15 is 0 Å². The summed E-state index contributed by atoms with van der Waals surface area (Å²) in [6, 6.07) is 7.14. The molecule has 1 aliphatic heterocycles. The Morgan fingerprint density at radius 2 is 1.82 bits per heavy atom. The highest BCUT2D eigenvalue weighted by molar-refractivity contribution is 6.39. The smallest absolute Gasteiger partial charge is 0.339 e. The maximum absolute atomic E-state index is 11.9. The Labute approximate surface area is 238 Å². The Morgan fingerprint density at radius 3 is 2.44 bits per heavy atom. The Balaban J connectivity index is 0.00000308. The van der Waals surface area contributed by atoms with Gasteiger partial charge in [0.1, 0.15) is 11.5 Å². The van der Waals surface area contributed by atoms with Gasteiger partial charge in [0.2, 0.25) is 0 Å². The van der Waals surface area contributed by atoms with Crippen molar-refractivity contribution in [3.8, 4) is 17.0 Å². The van der Waals surface area contributed by atoms with E-state index in [1.165, 1.54) is 7.11 Å². The van der Waals surface area contributed by atoms with E-state index in [1.807, 2.05) is 18.2 Å². The second-order valence-electron chi connectivity index (χ2n) is 10.3. The van der Waals surface area contributed by atoms with Crippen LogP contribution in [-0.2, 0) is 16.1 Å². The zero-order valence-corrected chi connectivity index (χ0v) is 22.8. The largest absolute Gasteiger partial charge is 0.493 e. The van der Waals surface area contributed by atoms with Gasteiger partial charge in [-0.2, -0.15) is 0 Å². The van der Waals surface area contributed by atoms with Crippen molar-refractivity contribution in [3.05, 3.63) is 57.4 Å². The van der Waals surface area contributed by atoms with Crippen LogP contribution in [0.15, 0.2) is 35.0 Å². The minimum Gasteiger partial charge on any atom is -0.493 e. The summed E-state index contributed by atoms with van der Waals surface area (Å²) in [5.41, 5.74) is 2.71. The predicted octanol–water partition coefficient (Wildman–Crippen LogP) is 6.78. The Hall–Kier alpha value is -2.81. The van der Waals surface area contributed by atoms with Gasteiger partial charge in [0.25, 0.3) is 0 Å². The fourth-order valence-corrected chi connectivity index (χ4v) is 6.43. The number of carbonyl (C=O) groups is 1. The van der Waals surface area contributed by atoms with Crippen molar-refractivity contribution in [2.24, 2.45) is 11.8 Å². The van der Waals surface area contributed by atoms with Crippen LogP contribution >= 0.6 is 23.2 Å². The van der Waals surface area contributed by atoms with Crippen LogP contribution < -0.4 is 9.64 Å². The monoisotopic (exact) mass is 573 g/mol. The van der Waals surface area contributed by atoms with Crippen LogP contribution in [0.1, 0.15) is 60.7 Å². The fourth-order valence-electron chi connectivity index (χ4n) is 5.86. The van der Waals surface area contributed by atoms with Gasteiger partial charge < -0.3 is 23.6 Å². The van der Waals surface area contributed by atoms with Gasteiger partial charge in [-0.25, -0.2) is 9.78 Å². The van der Waals surface area contributed by atoms with Gasteiger partial charge in [-0.05, 0) is 49.7 Å². The number of methoxy groups -OCH3 is 2. The third-order valence-electron chi connectivity index (χ3n) is 7.91. The molecule has 0 bridgehead atoms. The van der Waals surface area contributed by atoms with E-state index in [0.29, 0.717) is 57.0 Å². The molecule has 0 N–H and O–H groups in total. The topological polar surface area (TPSA) is 86.9 Å². The summed E-state index contributed by atoms with van der Waals surface area (Å²) in [7, 11) is 2.94. The minimum atomic E-state index is -0.432. The van der Waals surface area contributed by atoms with Crippen molar-refractivity contribution in [1.29, 1.82) is 0 Å². The number of fused-ring (bicyclic) bond motifs is 1. The minimum absolute atomic E-state index is 0. The first-order valence-electron chi connectivity index (χ1n) is 12.9. The molecule has 2 aliphatic carbocycles. The molecule has 6 rings (SSSR count). The van der Waals surface area contributed by atoms with E-state index in [0.717, 1.165) is 55.9 Å². The summed E-state index contributed by atoms with van der Waals surface area (Å²) >= 11 is 13.0. The van der Waals surface area contributed by atoms with Gasteiger partial charge >= 0.3 is 5.97 Å². The molecule has 0 radical (unpaired) electrons. The fraction of sp³-hybridized carbons (Fsp3) is 0.483. The predicted molar refractivity (Wildman–Crippen MR) is 150 cm³/mol. The van der Waals surface area contributed by atoms with Gasteiger partial charge in [0.05, 0.1) is 42.5 Å². The highest BCUT2D eigenvalue weighted by Crippen LogP contribution is 2.47. The number of esters is 1. The molecule has 0 spiro atoms. The van der Waals surface area contributed by atoms with Gasteiger partial charge in [-0.15, -0.1) is 0 Å². The molecule has 2 atom stereocenters. The lowest BCUT2D eigenvalue weighted by Crippen LogP contribution is -2.25. The number of pyridine rings is 1. The van der Waals surface area contributed by atoms with Crippen molar-refractivity contribution in [2.75, 3.05) is 32.2 Å². The van der Waals surface area contributed by atoms with Gasteiger partial charge in [-0.3, -0.25) is 0 Å². The third kappa shape index (κ3) is 5.34. The zero-order chi connectivity index (χ0) is 26.4. The summed E-state index contributed by atoms with van der Waals surface area (Å²) in [6.45, 7) is 2.16. The van der Waals surface area contributed by atoms with Crippen LogP contribution in [0.4, 0.5) is 5.82 Å². The quantitative estimate of drug-likeness (QED) is 0.272. The van der Waals surface area contributed by atoms with Crippen molar-refractivity contribution in [2.45, 2.75) is 51.7 Å². The number of carbonyl (C=O) groups excluding carboxylic acids is 1. The molecule has 2 aromatic heterocycles. The number of hydrogen-bond acceptors (Lipinski definition) is 8. The second-order valence-corrected chi connectivity index (χ2v) is 11.1. The Morgan fingerprint density at radius 1 is 1.13 bits per heavy atom. The van der Waals surface area contributed by atoms with Crippen LogP contribution in [-0.4, -0.2) is 49.5 Å². The summed E-state index contributed by atoms with van der Waals surface area (Å²) < 4.78 is 22.6. The number of ether oxygens (including phenoxy) is 3. The average molecular weight is 575 g/mol. The summed E-state index contributed by atoms with van der Waals surface area (Å²) in [5.74, 6) is 3.18. The Bertz CT molecular complexity index is 1320. The van der Waals surface area contributed by atoms with Gasteiger partial charge in [0, 0.05) is 42.4 Å². The molecule has 208 valence electrons. The van der Waals surface area contributed by atoms with Crippen LogP contribution in [0.2, 0.25) is 10.0 Å². The van der Waals surface area contributed by atoms with E-state index < -0.39 is 5.97 Å². The highest BCUT2D eigenvalue weighted by atomic mass is 35.5. The van der Waals surface area contributed by atoms with Crippen LogP contribution in [0.3, 0.4) is 0 Å². The maximum Gasteiger partial charge on any atom is 0.339 e. The van der Waals surface area contributed by atoms with Gasteiger partial charge in [-0.1, -0.05) is 41.9 Å². The highest BCUT2D eigenvalue weighted by Gasteiger charge is 2.43. The maximum atomic E-state index is 11.9. The van der Waals surface area contributed by atoms with E-state index in [-0.39, 0.29) is 13.5 Å². The van der Waals surface area contributed by atoms with E-state index in [9.17, 15) is 4.79 Å². The molecule has 1 saturated heterocycles. The van der Waals surface area contributed by atoms with E-state index in [1.54, 1.807) is 19.4 Å². The summed E-state index contributed by atoms with van der Waals surface area (Å²) in [4.78, 5) is 18.7. The number of aromatic nitrogens is 2. The molecule has 3 aliphatic rings. The number of nitrogens with zero attached hydrogens (tertiary/aromatic N) is 3. The number of hydrogen-bond donors (Lipinski definition) is 0. The molecular formula is C29H33Cl2N3O5. The SMILES string of the molecule is C.COC(=O)c1cnc(N2CC3CC(OCc4c(-c5c(Cl)cccc5Cl)noc4C4CC4)CC3C2)c(OC)c1. The molecule has 1 aromatic carbocycles. The molecule has 2 unspecified atom stereocenters. The first-order chi connectivity index (χ1) is 18.5. The normalized spacial score (nSPS) is 21.9. The van der Waals surface area contributed by atoms with Crippen LogP contribution in [0.5, 0.6) is 5.75 Å². The zero-order valence-electron chi connectivity index (χ0n) is 21.3. The lowest BCUT2D eigenvalue weighted by atomic mass is 10.0. The van der Waals surface area contributed by atoms with E-state index in [4.69, 9.17) is 41.9 Å². The standard InChI is InChI=1S/C28H29Cl2N3O5.CH4/c1-35-23-10-16(28(34)36-2)11-31-27(23)33-12-17-8-19(9-18(17)13-33)37-14-20-25(32-38-26(20)15-6-7-15)24-21(29)4-3-5-22(24)30;/h3-5,10-11,15,17-19H,6-9,12-14H2,1-2H3;1H4. The molecule has 39 heavy (non-hydrogen) atoms. The molecule has 8 nitrogen and oxygen atoms in total. The molecular weight excluding hydrogens is 541 g/mol. The molecule has 10 heteroatoms. The number of rotatable bonds is 8. The molecule has 0 amide bonds. The number of anilines is 1. The summed E-state index contributed by atoms with van der Waals surface area (Å²) in [6.07, 6.45) is 5.83. The number of benzene rings is 1. The van der Waals surface area contributed by atoms with E-state index in [2.05, 4.69) is 15.0 Å². The van der Waals surface area contributed by atoms with Crippen molar-refractivity contribution in [3.63, 3.8) is 0 Å². The van der Waals surface area contributed by atoms with Crippen LogP contribution in [0.25, 0.3) is 11.3 Å². The van der Waals surface area contributed by atoms with Crippen molar-refractivity contribution >= 4 is 35.0 Å². The first kappa shape index (κ1) is 27.7. The average Bonchev–Trinajstić information content (AvgIpc) is 3.39. The lowest BCUT2D eigenvalue weighted by Gasteiger charge is -2.22. The lowest BCUT2D eigenvalue weighted by molar-refractivity contribution is 0.0402. The molecule has 2 saturated carbocycles. The Kier molecular flexibility index (Phi) is 8.08. The first-order valence-corrected chi connectivity index (χ1v) is 13.6. The van der Waals surface area contributed by atoms with Crippen molar-refractivity contribution < 1.29 is 23.5 Å². The van der Waals surface area contributed by atoms with Crippen molar-refractivity contribution in [1.82, 2.24) is 10.1 Å². The van der Waals surface area contributed by atoms with Crippen LogP contribution in [0, 0.1) is 11.8 Å².